The van der Waals surface area contributed by atoms with Crippen molar-refractivity contribution in [2.45, 2.75) is 50.5 Å². The molecule has 1 aliphatic carbocycles. The van der Waals surface area contributed by atoms with E-state index < -0.39 is 0 Å². The van der Waals surface area contributed by atoms with E-state index in [9.17, 15) is 9.59 Å². The van der Waals surface area contributed by atoms with Gasteiger partial charge in [-0.3, -0.25) is 9.36 Å². The van der Waals surface area contributed by atoms with Crippen LogP contribution in [0.5, 0.6) is 0 Å². The van der Waals surface area contributed by atoms with Crippen LogP contribution in [0, 0.1) is 0 Å². The summed E-state index contributed by atoms with van der Waals surface area (Å²) < 4.78 is 5.46. The average molecular weight is 420 g/mol. The maximum absolute atomic E-state index is 13.0. The van der Waals surface area contributed by atoms with E-state index in [1.165, 1.54) is 17.5 Å². The highest BCUT2D eigenvalue weighted by Crippen LogP contribution is 2.33. The lowest BCUT2D eigenvalue weighted by Crippen LogP contribution is -2.38. The van der Waals surface area contributed by atoms with Crippen LogP contribution in [0.3, 0.4) is 0 Å². The number of benzene rings is 1. The Morgan fingerprint density at radius 2 is 1.61 bits per heavy atom. The number of rotatable bonds is 4. The van der Waals surface area contributed by atoms with E-state index in [-0.39, 0.29) is 23.6 Å². The molecule has 3 aromatic rings. The zero-order valence-corrected chi connectivity index (χ0v) is 18.0. The summed E-state index contributed by atoms with van der Waals surface area (Å²) in [5.74, 6) is 1.23. The van der Waals surface area contributed by atoms with Crippen LogP contribution in [0.2, 0.25) is 0 Å². The molecule has 1 aromatic carbocycles. The van der Waals surface area contributed by atoms with Gasteiger partial charge in [-0.25, -0.2) is 9.48 Å². The predicted octanol–water partition coefficient (Wildman–Crippen LogP) is 3.51. The summed E-state index contributed by atoms with van der Waals surface area (Å²) >= 11 is 0. The zero-order chi connectivity index (χ0) is 21.4. The maximum atomic E-state index is 13.0. The van der Waals surface area contributed by atoms with Crippen molar-refractivity contribution in [3.63, 3.8) is 0 Å². The number of carbonyl (C=O) groups excluding carboxylic acids is 1. The highest BCUT2D eigenvalue weighted by atomic mass is 16.2. The Labute approximate surface area is 181 Å². The molecule has 0 radical (unpaired) electrons. The molecular formula is C24H29N5O2. The second-order valence-electron chi connectivity index (χ2n) is 8.78. The summed E-state index contributed by atoms with van der Waals surface area (Å²) in [6.45, 7) is 1.39. The van der Waals surface area contributed by atoms with Gasteiger partial charge < -0.3 is 9.47 Å². The van der Waals surface area contributed by atoms with Gasteiger partial charge in [0.25, 0.3) is 5.91 Å². The smallest absolute Gasteiger partial charge is 0.339 e. The number of likely N-dealkylation sites (tertiary alicyclic amines) is 1. The van der Waals surface area contributed by atoms with Gasteiger partial charge in [0.05, 0.1) is 0 Å². The number of piperidine rings is 1. The summed E-state index contributed by atoms with van der Waals surface area (Å²) in [5, 5.41) is 4.60. The highest BCUT2D eigenvalue weighted by molar-refractivity contribution is 5.94. The number of carbonyl (C=O) groups is 1. The molecule has 3 heterocycles. The van der Waals surface area contributed by atoms with E-state index in [1.54, 1.807) is 7.05 Å². The normalized spacial score (nSPS) is 18.0. The van der Waals surface area contributed by atoms with E-state index in [0.717, 1.165) is 42.8 Å². The molecule has 1 saturated carbocycles. The van der Waals surface area contributed by atoms with Crippen molar-refractivity contribution in [2.24, 2.45) is 7.05 Å². The highest BCUT2D eigenvalue weighted by Gasteiger charge is 2.31. The van der Waals surface area contributed by atoms with Gasteiger partial charge in [-0.2, -0.15) is 5.10 Å². The van der Waals surface area contributed by atoms with Crippen LogP contribution >= 0.6 is 0 Å². The molecule has 7 heteroatoms. The van der Waals surface area contributed by atoms with Crippen molar-refractivity contribution < 1.29 is 4.79 Å². The second-order valence-corrected chi connectivity index (χ2v) is 8.78. The minimum Gasteiger partial charge on any atom is -0.339 e. The molecule has 162 valence electrons. The van der Waals surface area contributed by atoms with Gasteiger partial charge >= 0.3 is 5.69 Å². The van der Waals surface area contributed by atoms with Gasteiger partial charge in [0.2, 0.25) is 0 Å². The fraction of sp³-hybridized carbons (Fsp3) is 0.458. The monoisotopic (exact) mass is 419 g/mol. The lowest BCUT2D eigenvalue weighted by Gasteiger charge is -2.32. The lowest BCUT2D eigenvalue weighted by molar-refractivity contribution is 0.0709. The van der Waals surface area contributed by atoms with Crippen LogP contribution in [-0.4, -0.2) is 42.8 Å². The topological polar surface area (TPSA) is 65.1 Å². The fourth-order valence-electron chi connectivity index (χ4n) is 5.09. The van der Waals surface area contributed by atoms with Crippen molar-refractivity contribution in [2.75, 3.05) is 13.1 Å². The van der Waals surface area contributed by atoms with E-state index in [4.69, 9.17) is 0 Å². The SMILES string of the molecule is Cn1nc(C2CCN(C(=O)c3ccc(-n4cccc4)cc3)CC2)n(C2CCCC2)c1=O. The molecule has 0 unspecified atom stereocenters. The molecule has 0 bridgehead atoms. The molecule has 7 nitrogen and oxygen atoms in total. The number of nitrogens with zero attached hydrogens (tertiary/aromatic N) is 5. The molecule has 5 rings (SSSR count). The number of amides is 1. The minimum atomic E-state index is 0.00295. The van der Waals surface area contributed by atoms with Gasteiger partial charge in [0, 0.05) is 55.7 Å². The van der Waals surface area contributed by atoms with Crippen molar-refractivity contribution in [3.05, 3.63) is 70.7 Å². The Hall–Kier alpha value is -3.09. The number of aromatic nitrogens is 4. The van der Waals surface area contributed by atoms with Gasteiger partial charge in [-0.15, -0.1) is 0 Å². The molecule has 1 aliphatic heterocycles. The molecule has 0 spiro atoms. The van der Waals surface area contributed by atoms with Crippen LogP contribution in [0.4, 0.5) is 0 Å². The third-order valence-electron chi connectivity index (χ3n) is 6.84. The van der Waals surface area contributed by atoms with Gasteiger partial charge in [0.1, 0.15) is 5.82 Å². The first-order valence-electron chi connectivity index (χ1n) is 11.3. The quantitative estimate of drug-likeness (QED) is 0.650. The molecule has 0 N–H and O–H groups in total. The first kappa shape index (κ1) is 19.8. The Bertz CT molecular complexity index is 1100. The molecule has 0 atom stereocenters. The number of hydrogen-bond acceptors (Lipinski definition) is 3. The predicted molar refractivity (Wildman–Crippen MR) is 119 cm³/mol. The van der Waals surface area contributed by atoms with Crippen molar-refractivity contribution >= 4 is 5.91 Å². The summed E-state index contributed by atoms with van der Waals surface area (Å²) in [4.78, 5) is 27.6. The van der Waals surface area contributed by atoms with E-state index in [1.807, 2.05) is 62.8 Å². The summed E-state index contributed by atoms with van der Waals surface area (Å²) in [6, 6.07) is 12.0. The number of hydrogen-bond donors (Lipinski definition) is 0. The van der Waals surface area contributed by atoms with E-state index in [2.05, 4.69) is 5.10 Å². The fourth-order valence-corrected chi connectivity index (χ4v) is 5.09. The summed E-state index contributed by atoms with van der Waals surface area (Å²) in [5.41, 5.74) is 1.76. The molecule has 2 aromatic heterocycles. The average Bonchev–Trinajstić information content (AvgIpc) is 3.57. The first-order valence-corrected chi connectivity index (χ1v) is 11.3. The molecule has 31 heavy (non-hydrogen) atoms. The van der Waals surface area contributed by atoms with Crippen LogP contribution in [0.15, 0.2) is 53.6 Å². The molecule has 1 amide bonds. The van der Waals surface area contributed by atoms with Gasteiger partial charge in [-0.1, -0.05) is 12.8 Å². The van der Waals surface area contributed by atoms with Gasteiger partial charge in [0.15, 0.2) is 0 Å². The van der Waals surface area contributed by atoms with E-state index >= 15 is 0 Å². The minimum absolute atomic E-state index is 0.00295. The number of aryl methyl sites for hydroxylation is 1. The zero-order valence-electron chi connectivity index (χ0n) is 18.0. The Morgan fingerprint density at radius 3 is 2.26 bits per heavy atom. The van der Waals surface area contributed by atoms with Crippen molar-refractivity contribution in [3.8, 4) is 5.69 Å². The Kier molecular flexibility index (Phi) is 5.26. The van der Waals surface area contributed by atoms with Crippen LogP contribution < -0.4 is 5.69 Å². The van der Waals surface area contributed by atoms with E-state index in [0.29, 0.717) is 13.1 Å². The second kappa shape index (κ2) is 8.21. The Morgan fingerprint density at radius 1 is 0.968 bits per heavy atom. The summed E-state index contributed by atoms with van der Waals surface area (Å²) in [7, 11) is 1.74. The molecule has 2 aliphatic rings. The van der Waals surface area contributed by atoms with Crippen molar-refractivity contribution in [1.82, 2.24) is 23.8 Å². The maximum Gasteiger partial charge on any atom is 0.345 e. The summed E-state index contributed by atoms with van der Waals surface area (Å²) in [6.07, 6.45) is 10.2. The third-order valence-corrected chi connectivity index (χ3v) is 6.84. The molecular weight excluding hydrogens is 390 g/mol. The molecule has 1 saturated heterocycles. The standard InChI is InChI=1S/C24H29N5O2/c1-26-24(31)29(21-6-2-3-7-21)22(25-26)18-12-16-28(17-13-18)23(30)19-8-10-20(11-9-19)27-14-4-5-15-27/h4-5,8-11,14-15,18,21H,2-3,6-7,12-13,16-17H2,1H3. The third kappa shape index (κ3) is 3.73. The Balaban J connectivity index is 1.27. The van der Waals surface area contributed by atoms with Crippen LogP contribution in [0.1, 0.15) is 66.7 Å². The molecule has 2 fully saturated rings. The largest absolute Gasteiger partial charge is 0.345 e. The van der Waals surface area contributed by atoms with Crippen LogP contribution in [0.25, 0.3) is 5.69 Å². The van der Waals surface area contributed by atoms with Gasteiger partial charge in [-0.05, 0) is 62.1 Å². The lowest BCUT2D eigenvalue weighted by atomic mass is 9.95. The van der Waals surface area contributed by atoms with Crippen LogP contribution in [-0.2, 0) is 7.05 Å². The first-order chi connectivity index (χ1) is 15.1. The van der Waals surface area contributed by atoms with Crippen molar-refractivity contribution in [1.29, 1.82) is 0 Å².